The summed E-state index contributed by atoms with van der Waals surface area (Å²) in [6.45, 7) is 5.13. The zero-order valence-electron chi connectivity index (χ0n) is 22.0. The second kappa shape index (κ2) is 15.1. The van der Waals surface area contributed by atoms with Gasteiger partial charge in [0.25, 0.3) is 0 Å². The Bertz CT molecular complexity index is 1300. The van der Waals surface area contributed by atoms with Gasteiger partial charge in [0.15, 0.2) is 11.5 Å². The first-order valence-corrected chi connectivity index (χ1v) is 14.5. The number of unbranched alkanes of at least 4 members (excludes halogenated alkanes) is 4. The van der Waals surface area contributed by atoms with Crippen molar-refractivity contribution in [1.29, 1.82) is 10.5 Å². The molecule has 0 aliphatic rings. The van der Waals surface area contributed by atoms with Crippen molar-refractivity contribution in [2.24, 2.45) is 0 Å². The van der Waals surface area contributed by atoms with Gasteiger partial charge in [-0.05, 0) is 49.2 Å². The van der Waals surface area contributed by atoms with Gasteiger partial charge in [-0.15, -0.1) is 0 Å². The van der Waals surface area contributed by atoms with E-state index in [0.717, 1.165) is 53.2 Å². The van der Waals surface area contributed by atoms with Gasteiger partial charge in [-0.25, -0.2) is 0 Å². The molecule has 0 spiro atoms. The summed E-state index contributed by atoms with van der Waals surface area (Å²) in [5.74, 6) is 0.798. The highest BCUT2D eigenvalue weighted by Crippen LogP contribution is 2.53. The summed E-state index contributed by atoms with van der Waals surface area (Å²) in [5.41, 5.74) is 13.9. The third-order valence-corrected chi connectivity index (χ3v) is 8.18. The highest BCUT2D eigenvalue weighted by molar-refractivity contribution is 8.02. The number of ether oxygens (including phenoxy) is 2. The number of nitrogens with zero attached hydrogens (tertiary/aromatic N) is 2. The standard InChI is InChI=1S/C30H34N4O2S2/c1-3-5-9-17-35-27-23(19-31)24(20-32)28(36-18-10-6-4-2)30(38-26-12-8-7-11-25(26)34)29(27)37-22-15-13-21(33)14-16-22/h7-8,11-16H,3-6,9-10,17-18,33-34H2,1-2H3. The molecule has 0 amide bonds. The van der Waals surface area contributed by atoms with E-state index < -0.39 is 0 Å². The Kier molecular flexibility index (Phi) is 11.5. The third kappa shape index (κ3) is 7.54. The second-order valence-corrected chi connectivity index (χ2v) is 10.8. The number of para-hydroxylation sites is 1. The molecular weight excluding hydrogens is 512 g/mol. The molecule has 38 heavy (non-hydrogen) atoms. The molecule has 0 aliphatic heterocycles. The molecule has 0 fully saturated rings. The smallest absolute Gasteiger partial charge is 0.153 e. The van der Waals surface area contributed by atoms with Crippen LogP contribution < -0.4 is 20.9 Å². The molecule has 0 aromatic heterocycles. The van der Waals surface area contributed by atoms with Crippen molar-refractivity contribution in [2.45, 2.75) is 72.0 Å². The number of nitrogens with two attached hydrogens (primary N) is 2. The van der Waals surface area contributed by atoms with Gasteiger partial charge in [0.05, 0.1) is 23.0 Å². The maximum Gasteiger partial charge on any atom is 0.153 e. The Hall–Kier alpha value is -3.46. The lowest BCUT2D eigenvalue weighted by Gasteiger charge is -2.22. The fraction of sp³-hybridized carbons (Fsp3) is 0.333. The van der Waals surface area contributed by atoms with Crippen molar-refractivity contribution in [3.63, 3.8) is 0 Å². The number of hydrogen-bond acceptors (Lipinski definition) is 8. The summed E-state index contributed by atoms with van der Waals surface area (Å²) < 4.78 is 12.6. The van der Waals surface area contributed by atoms with Crippen LogP contribution in [0.5, 0.6) is 11.5 Å². The molecule has 4 N–H and O–H groups in total. The first-order chi connectivity index (χ1) is 18.5. The number of hydrogen-bond donors (Lipinski definition) is 2. The second-order valence-electron chi connectivity index (χ2n) is 8.71. The first kappa shape index (κ1) is 29.1. The molecule has 6 nitrogen and oxygen atoms in total. The first-order valence-electron chi connectivity index (χ1n) is 12.9. The van der Waals surface area contributed by atoms with E-state index in [0.29, 0.717) is 41.0 Å². The quantitative estimate of drug-likeness (QED) is 0.154. The lowest BCUT2D eigenvalue weighted by Crippen LogP contribution is -2.08. The third-order valence-electron chi connectivity index (χ3n) is 5.77. The fourth-order valence-electron chi connectivity index (χ4n) is 3.72. The van der Waals surface area contributed by atoms with Crippen LogP contribution in [-0.2, 0) is 0 Å². The van der Waals surface area contributed by atoms with E-state index in [1.807, 2.05) is 48.5 Å². The van der Waals surface area contributed by atoms with Gasteiger partial charge >= 0.3 is 0 Å². The van der Waals surface area contributed by atoms with Crippen LogP contribution in [0.2, 0.25) is 0 Å². The Labute approximate surface area is 234 Å². The Morgan fingerprint density at radius 1 is 0.711 bits per heavy atom. The van der Waals surface area contributed by atoms with E-state index in [1.54, 1.807) is 0 Å². The average molecular weight is 547 g/mol. The molecule has 0 heterocycles. The maximum atomic E-state index is 10.2. The Morgan fingerprint density at radius 2 is 1.24 bits per heavy atom. The van der Waals surface area contributed by atoms with Gasteiger partial charge in [-0.3, -0.25) is 0 Å². The van der Waals surface area contributed by atoms with Crippen LogP contribution >= 0.6 is 23.5 Å². The zero-order chi connectivity index (χ0) is 27.3. The predicted octanol–water partition coefficient (Wildman–Crippen LogP) is 8.03. The van der Waals surface area contributed by atoms with E-state index >= 15 is 0 Å². The molecule has 0 radical (unpaired) electrons. The van der Waals surface area contributed by atoms with Crippen LogP contribution in [0, 0.1) is 22.7 Å². The number of nitrogen functional groups attached to an aromatic ring is 2. The SMILES string of the molecule is CCCCCOc1c(C#N)c(C#N)c(OCCCCC)c(Sc2ccccc2N)c1Sc1ccc(N)cc1. The van der Waals surface area contributed by atoms with Crippen LogP contribution in [0.3, 0.4) is 0 Å². The van der Waals surface area contributed by atoms with Gasteiger partial charge in [0, 0.05) is 21.2 Å². The summed E-state index contributed by atoms with van der Waals surface area (Å²) >= 11 is 2.89. The van der Waals surface area contributed by atoms with E-state index in [9.17, 15) is 10.5 Å². The normalized spacial score (nSPS) is 10.5. The van der Waals surface area contributed by atoms with Gasteiger partial charge in [0.1, 0.15) is 23.3 Å². The van der Waals surface area contributed by atoms with Crippen LogP contribution in [0.4, 0.5) is 11.4 Å². The molecule has 198 valence electrons. The molecule has 0 saturated carbocycles. The van der Waals surface area contributed by atoms with Crippen molar-refractivity contribution in [2.75, 3.05) is 24.7 Å². The average Bonchev–Trinajstić information content (AvgIpc) is 2.93. The molecule has 0 unspecified atom stereocenters. The van der Waals surface area contributed by atoms with Gasteiger partial charge in [-0.2, -0.15) is 10.5 Å². The van der Waals surface area contributed by atoms with Crippen LogP contribution in [0.1, 0.15) is 63.5 Å². The minimum Gasteiger partial charge on any atom is -0.491 e. The summed E-state index contributed by atoms with van der Waals surface area (Å²) in [5, 5.41) is 20.5. The van der Waals surface area contributed by atoms with Gasteiger partial charge in [0.2, 0.25) is 0 Å². The zero-order valence-corrected chi connectivity index (χ0v) is 23.6. The predicted molar refractivity (Wildman–Crippen MR) is 156 cm³/mol. The Morgan fingerprint density at radius 3 is 1.74 bits per heavy atom. The number of nitriles is 2. The summed E-state index contributed by atoms with van der Waals surface area (Å²) in [6, 6.07) is 19.6. The van der Waals surface area contributed by atoms with Crippen molar-refractivity contribution < 1.29 is 9.47 Å². The van der Waals surface area contributed by atoms with Crippen molar-refractivity contribution >= 4 is 34.9 Å². The molecule has 3 rings (SSSR count). The number of rotatable bonds is 14. The van der Waals surface area contributed by atoms with Gasteiger partial charge < -0.3 is 20.9 Å². The largest absolute Gasteiger partial charge is 0.491 e. The van der Waals surface area contributed by atoms with Gasteiger partial charge in [-0.1, -0.05) is 75.2 Å². The molecule has 3 aromatic carbocycles. The number of benzene rings is 3. The summed E-state index contributed by atoms with van der Waals surface area (Å²) in [4.78, 5) is 3.18. The molecule has 3 aromatic rings. The van der Waals surface area contributed by atoms with Crippen molar-refractivity contribution in [3.05, 3.63) is 59.7 Å². The summed E-state index contributed by atoms with van der Waals surface area (Å²) in [6.07, 6.45) is 5.79. The van der Waals surface area contributed by atoms with E-state index in [4.69, 9.17) is 20.9 Å². The Balaban J connectivity index is 2.25. The molecule has 8 heteroatoms. The highest BCUT2D eigenvalue weighted by Gasteiger charge is 2.28. The molecule has 0 bridgehead atoms. The van der Waals surface area contributed by atoms with E-state index in [2.05, 4.69) is 26.0 Å². The fourth-order valence-corrected chi connectivity index (χ4v) is 5.91. The van der Waals surface area contributed by atoms with E-state index in [1.165, 1.54) is 23.5 Å². The molecule has 0 atom stereocenters. The number of anilines is 2. The van der Waals surface area contributed by atoms with Crippen molar-refractivity contribution in [1.82, 2.24) is 0 Å². The maximum absolute atomic E-state index is 10.2. The molecular formula is C30H34N4O2S2. The lowest BCUT2D eigenvalue weighted by molar-refractivity contribution is 0.284. The lowest BCUT2D eigenvalue weighted by atomic mass is 10.1. The van der Waals surface area contributed by atoms with Crippen LogP contribution in [0.25, 0.3) is 0 Å². The topological polar surface area (TPSA) is 118 Å². The minimum atomic E-state index is 0.188. The van der Waals surface area contributed by atoms with E-state index in [-0.39, 0.29) is 11.1 Å². The van der Waals surface area contributed by atoms with Crippen molar-refractivity contribution in [3.8, 4) is 23.6 Å². The van der Waals surface area contributed by atoms with Crippen LogP contribution in [0.15, 0.2) is 68.1 Å². The summed E-state index contributed by atoms with van der Waals surface area (Å²) in [7, 11) is 0. The highest BCUT2D eigenvalue weighted by atomic mass is 32.2. The monoisotopic (exact) mass is 546 g/mol. The molecule has 0 saturated heterocycles. The van der Waals surface area contributed by atoms with Crippen LogP contribution in [-0.4, -0.2) is 13.2 Å². The molecule has 0 aliphatic carbocycles. The minimum absolute atomic E-state index is 0.188.